The minimum atomic E-state index is -0.0569. The molecule has 1 saturated carbocycles. The number of aromatic hydroxyl groups is 1. The van der Waals surface area contributed by atoms with Crippen molar-refractivity contribution in [2.24, 2.45) is 5.41 Å². The van der Waals surface area contributed by atoms with E-state index >= 15 is 0 Å². The molecule has 1 aliphatic carbocycles. The van der Waals surface area contributed by atoms with Crippen LogP contribution in [0, 0.1) is 5.41 Å². The van der Waals surface area contributed by atoms with Gasteiger partial charge in [0.05, 0.1) is 12.8 Å². The Labute approximate surface area is 167 Å². The van der Waals surface area contributed by atoms with E-state index in [4.69, 9.17) is 4.74 Å². The van der Waals surface area contributed by atoms with E-state index in [0.29, 0.717) is 23.6 Å². The number of hydrogen-bond donors (Lipinski definition) is 1. The van der Waals surface area contributed by atoms with Gasteiger partial charge in [-0.15, -0.1) is 0 Å². The molecule has 1 spiro atoms. The molecule has 4 atom stereocenters. The Morgan fingerprint density at radius 1 is 1.25 bits per heavy atom. The van der Waals surface area contributed by atoms with Gasteiger partial charge in [-0.25, -0.2) is 0 Å². The van der Waals surface area contributed by atoms with E-state index < -0.39 is 0 Å². The van der Waals surface area contributed by atoms with Crippen molar-refractivity contribution in [2.75, 3.05) is 25.1 Å². The maximum atomic E-state index is 13.1. The van der Waals surface area contributed by atoms with Gasteiger partial charge in [0, 0.05) is 23.9 Å². The number of anilines is 1. The third-order valence-electron chi connectivity index (χ3n) is 8.54. The van der Waals surface area contributed by atoms with Gasteiger partial charge in [0.2, 0.25) is 5.91 Å². The highest BCUT2D eigenvalue weighted by Crippen LogP contribution is 2.67. The molecule has 0 bridgehead atoms. The van der Waals surface area contributed by atoms with Crippen molar-refractivity contribution in [2.45, 2.75) is 76.3 Å². The van der Waals surface area contributed by atoms with Gasteiger partial charge >= 0.3 is 0 Å². The summed E-state index contributed by atoms with van der Waals surface area (Å²) in [6, 6.07) is 4.67. The second-order valence-corrected chi connectivity index (χ2v) is 9.23. The molecule has 3 heterocycles. The molecule has 5 heteroatoms. The number of ether oxygens (including phenoxy) is 1. The van der Waals surface area contributed by atoms with E-state index in [1.807, 2.05) is 17.9 Å². The number of phenolic OH excluding ortho intramolecular Hbond substituents is 1. The second kappa shape index (κ2) is 6.12. The second-order valence-electron chi connectivity index (χ2n) is 9.23. The monoisotopic (exact) mass is 384 g/mol. The molecule has 4 aliphatic rings. The zero-order valence-corrected chi connectivity index (χ0v) is 17.3. The van der Waals surface area contributed by atoms with Crippen molar-refractivity contribution >= 4 is 11.6 Å². The number of amides is 1. The first kappa shape index (κ1) is 18.3. The minimum absolute atomic E-state index is 0.0569. The van der Waals surface area contributed by atoms with Crippen LogP contribution in [-0.4, -0.2) is 48.2 Å². The minimum Gasteiger partial charge on any atom is -0.503 e. The van der Waals surface area contributed by atoms with Crippen LogP contribution in [0.1, 0.15) is 64.4 Å². The van der Waals surface area contributed by atoms with Crippen LogP contribution in [0.25, 0.3) is 0 Å². The summed E-state index contributed by atoms with van der Waals surface area (Å²) in [5.41, 5.74) is 2.20. The molecule has 0 aromatic heterocycles. The average molecular weight is 385 g/mol. The van der Waals surface area contributed by atoms with Gasteiger partial charge in [0.25, 0.3) is 0 Å². The van der Waals surface area contributed by atoms with Crippen LogP contribution in [0.2, 0.25) is 0 Å². The normalized spacial score (nSPS) is 36.0. The molecular formula is C23H32N2O3. The first-order chi connectivity index (χ1) is 13.5. The largest absolute Gasteiger partial charge is 0.503 e. The number of phenols is 1. The fourth-order valence-corrected chi connectivity index (χ4v) is 7.50. The third kappa shape index (κ3) is 1.99. The highest BCUT2D eigenvalue weighted by Gasteiger charge is 2.68. The number of carbonyl (C=O) groups excluding carboxylic acids is 1. The number of piperidine rings is 1. The number of rotatable bonds is 3. The maximum Gasteiger partial charge on any atom is 0.227 e. The molecule has 3 aliphatic heterocycles. The van der Waals surface area contributed by atoms with Crippen LogP contribution < -0.4 is 9.64 Å². The molecule has 0 radical (unpaired) electrons. The van der Waals surface area contributed by atoms with Gasteiger partial charge in [-0.3, -0.25) is 9.69 Å². The fraction of sp³-hybridized carbons (Fsp3) is 0.696. The molecule has 0 unspecified atom stereocenters. The van der Waals surface area contributed by atoms with E-state index in [0.717, 1.165) is 25.1 Å². The zero-order chi connectivity index (χ0) is 19.7. The SMILES string of the molecule is CCC(=O)N1c2c(ccc(OC)c2O)[C@]23CCN4CCC[C@](CC)(CC[C@H]12)[C@@H]43. The predicted molar refractivity (Wildman–Crippen MR) is 109 cm³/mol. The Kier molecular flexibility index (Phi) is 4.00. The molecule has 1 aromatic rings. The van der Waals surface area contributed by atoms with Crippen molar-refractivity contribution in [1.29, 1.82) is 0 Å². The lowest BCUT2D eigenvalue weighted by molar-refractivity contribution is -0.119. The zero-order valence-electron chi connectivity index (χ0n) is 17.3. The quantitative estimate of drug-likeness (QED) is 0.861. The molecule has 5 nitrogen and oxygen atoms in total. The highest BCUT2D eigenvalue weighted by molar-refractivity contribution is 6.00. The van der Waals surface area contributed by atoms with Gasteiger partial charge in [-0.1, -0.05) is 19.9 Å². The molecule has 152 valence electrons. The lowest BCUT2D eigenvalue weighted by Crippen LogP contribution is -2.65. The molecule has 1 amide bonds. The Morgan fingerprint density at radius 2 is 2.07 bits per heavy atom. The van der Waals surface area contributed by atoms with Crippen LogP contribution in [0.5, 0.6) is 11.5 Å². The van der Waals surface area contributed by atoms with Crippen LogP contribution in [0.15, 0.2) is 12.1 Å². The van der Waals surface area contributed by atoms with Crippen LogP contribution >= 0.6 is 0 Å². The number of fused-ring (bicyclic) bond motifs is 1. The number of carbonyl (C=O) groups is 1. The summed E-state index contributed by atoms with van der Waals surface area (Å²) in [4.78, 5) is 17.8. The summed E-state index contributed by atoms with van der Waals surface area (Å²) in [7, 11) is 1.58. The van der Waals surface area contributed by atoms with Crippen molar-refractivity contribution in [3.8, 4) is 11.5 Å². The summed E-state index contributed by atoms with van der Waals surface area (Å²) in [5, 5.41) is 11.1. The van der Waals surface area contributed by atoms with E-state index in [1.54, 1.807) is 7.11 Å². The number of methoxy groups -OCH3 is 1. The van der Waals surface area contributed by atoms with Crippen LogP contribution in [0.4, 0.5) is 5.69 Å². The van der Waals surface area contributed by atoms with Crippen molar-refractivity contribution in [3.05, 3.63) is 17.7 Å². The van der Waals surface area contributed by atoms with Gasteiger partial charge in [0.1, 0.15) is 0 Å². The lowest BCUT2D eigenvalue weighted by Gasteiger charge is -2.58. The first-order valence-electron chi connectivity index (χ1n) is 11.0. The summed E-state index contributed by atoms with van der Waals surface area (Å²) in [6.07, 6.45) is 7.51. The molecular weight excluding hydrogens is 352 g/mol. The van der Waals surface area contributed by atoms with Gasteiger partial charge < -0.3 is 14.7 Å². The lowest BCUT2D eigenvalue weighted by atomic mass is 9.52. The van der Waals surface area contributed by atoms with Gasteiger partial charge in [-0.2, -0.15) is 0 Å². The molecule has 28 heavy (non-hydrogen) atoms. The van der Waals surface area contributed by atoms with E-state index in [-0.39, 0.29) is 23.1 Å². The van der Waals surface area contributed by atoms with Crippen LogP contribution in [-0.2, 0) is 10.2 Å². The predicted octanol–water partition coefficient (Wildman–Crippen LogP) is 3.82. The van der Waals surface area contributed by atoms with Gasteiger partial charge in [0.15, 0.2) is 11.5 Å². The summed E-state index contributed by atoms with van der Waals surface area (Å²) in [5.74, 6) is 0.717. The van der Waals surface area contributed by atoms with Gasteiger partial charge in [-0.05, 0) is 68.7 Å². The Morgan fingerprint density at radius 3 is 2.79 bits per heavy atom. The summed E-state index contributed by atoms with van der Waals surface area (Å²) in [6.45, 7) is 6.54. The number of hydrogen-bond acceptors (Lipinski definition) is 4. The highest BCUT2D eigenvalue weighted by atomic mass is 16.5. The molecule has 1 N–H and O–H groups in total. The molecule has 5 rings (SSSR count). The van der Waals surface area contributed by atoms with Crippen molar-refractivity contribution in [1.82, 2.24) is 4.90 Å². The molecule has 2 saturated heterocycles. The first-order valence-corrected chi connectivity index (χ1v) is 11.0. The molecule has 1 aromatic carbocycles. The van der Waals surface area contributed by atoms with E-state index in [9.17, 15) is 9.90 Å². The van der Waals surface area contributed by atoms with E-state index in [2.05, 4.69) is 17.9 Å². The standard InChI is InChI=1S/C23H32N2O3/c1-4-18(26)25-17-9-11-22(5-2)10-6-13-24-14-12-23(17,21(22)24)15-7-8-16(28-3)20(27)19(15)25/h7-8,17,21,27H,4-6,9-14H2,1-3H3/t17-,21+,22+,23+/m0/s1. The summed E-state index contributed by atoms with van der Waals surface area (Å²) >= 11 is 0. The molecule has 3 fully saturated rings. The van der Waals surface area contributed by atoms with Crippen molar-refractivity contribution < 1.29 is 14.6 Å². The Bertz CT molecular complexity index is 824. The van der Waals surface area contributed by atoms with Crippen LogP contribution in [0.3, 0.4) is 0 Å². The smallest absolute Gasteiger partial charge is 0.227 e. The maximum absolute atomic E-state index is 13.1. The Hall–Kier alpha value is -1.75. The number of nitrogens with zero attached hydrogens (tertiary/aromatic N) is 2. The fourth-order valence-electron chi connectivity index (χ4n) is 7.50. The third-order valence-corrected chi connectivity index (χ3v) is 8.54. The summed E-state index contributed by atoms with van der Waals surface area (Å²) < 4.78 is 5.41. The average Bonchev–Trinajstić information content (AvgIpc) is 3.26. The topological polar surface area (TPSA) is 53.0 Å². The van der Waals surface area contributed by atoms with Crippen molar-refractivity contribution in [3.63, 3.8) is 0 Å². The van der Waals surface area contributed by atoms with E-state index in [1.165, 1.54) is 37.8 Å². The Balaban J connectivity index is 1.76. The number of benzene rings is 1.